The van der Waals surface area contributed by atoms with Gasteiger partial charge in [0.15, 0.2) is 0 Å². The third kappa shape index (κ3) is 2.40. The van der Waals surface area contributed by atoms with Crippen LogP contribution >= 0.6 is 11.6 Å². The smallest absolute Gasteiger partial charge is 0.0772 e. The zero-order valence-corrected chi connectivity index (χ0v) is 10.5. The topological polar surface area (TPSA) is 35.2 Å². The van der Waals surface area contributed by atoms with Gasteiger partial charge in [0.2, 0.25) is 0 Å². The van der Waals surface area contributed by atoms with Crippen molar-refractivity contribution in [3.05, 3.63) is 34.3 Å². The highest BCUT2D eigenvalue weighted by molar-refractivity contribution is 6.31. The molecule has 0 aliphatic carbocycles. The summed E-state index contributed by atoms with van der Waals surface area (Å²) in [5.41, 5.74) is 8.34. The highest BCUT2D eigenvalue weighted by atomic mass is 35.5. The molecular formula is C13H18ClNO. The van der Waals surface area contributed by atoms with Crippen LogP contribution in [-0.4, -0.2) is 12.2 Å². The van der Waals surface area contributed by atoms with Crippen molar-refractivity contribution < 1.29 is 4.74 Å². The van der Waals surface area contributed by atoms with Gasteiger partial charge in [-0.15, -0.1) is 0 Å². The third-order valence-corrected chi connectivity index (χ3v) is 3.65. The molecule has 2 rings (SSSR count). The Balaban J connectivity index is 2.14. The Morgan fingerprint density at radius 3 is 2.75 bits per heavy atom. The highest BCUT2D eigenvalue weighted by Crippen LogP contribution is 2.30. The van der Waals surface area contributed by atoms with E-state index in [1.807, 2.05) is 25.1 Å². The largest absolute Gasteiger partial charge is 0.373 e. The SMILES string of the molecule is Cc1ccc(C(N)C2CCC(C)O2)cc1Cl. The van der Waals surface area contributed by atoms with Crippen molar-refractivity contribution in [3.8, 4) is 0 Å². The van der Waals surface area contributed by atoms with Crippen LogP contribution in [0.3, 0.4) is 0 Å². The second-order valence-corrected chi connectivity index (χ2v) is 5.00. The number of halogens is 1. The van der Waals surface area contributed by atoms with E-state index in [1.54, 1.807) is 0 Å². The third-order valence-electron chi connectivity index (χ3n) is 3.25. The molecule has 1 fully saturated rings. The van der Waals surface area contributed by atoms with Crippen molar-refractivity contribution in [2.75, 3.05) is 0 Å². The lowest BCUT2D eigenvalue weighted by Gasteiger charge is -2.20. The molecule has 0 spiro atoms. The van der Waals surface area contributed by atoms with Gasteiger partial charge in [-0.1, -0.05) is 23.7 Å². The molecule has 0 bridgehead atoms. The van der Waals surface area contributed by atoms with Crippen molar-refractivity contribution in [1.82, 2.24) is 0 Å². The van der Waals surface area contributed by atoms with Gasteiger partial charge >= 0.3 is 0 Å². The van der Waals surface area contributed by atoms with Crippen LogP contribution in [0.4, 0.5) is 0 Å². The molecule has 1 aromatic carbocycles. The van der Waals surface area contributed by atoms with E-state index in [9.17, 15) is 0 Å². The molecule has 1 heterocycles. The predicted molar refractivity (Wildman–Crippen MR) is 66.7 cm³/mol. The standard InChI is InChI=1S/C13H18ClNO/c1-8-3-5-10(7-11(8)14)13(15)12-6-4-9(2)16-12/h3,5,7,9,12-13H,4,6,15H2,1-2H3. The number of ether oxygens (including phenoxy) is 1. The number of rotatable bonds is 2. The van der Waals surface area contributed by atoms with Gasteiger partial charge in [0.25, 0.3) is 0 Å². The van der Waals surface area contributed by atoms with Crippen LogP contribution in [0.15, 0.2) is 18.2 Å². The zero-order valence-electron chi connectivity index (χ0n) is 9.74. The van der Waals surface area contributed by atoms with Crippen molar-refractivity contribution in [2.24, 2.45) is 5.73 Å². The van der Waals surface area contributed by atoms with E-state index in [0.717, 1.165) is 29.0 Å². The number of nitrogens with two attached hydrogens (primary N) is 1. The van der Waals surface area contributed by atoms with Crippen LogP contribution in [0.2, 0.25) is 5.02 Å². The van der Waals surface area contributed by atoms with Crippen LogP contribution in [0, 0.1) is 6.92 Å². The fourth-order valence-corrected chi connectivity index (χ4v) is 2.32. The minimum atomic E-state index is -0.0666. The summed E-state index contributed by atoms with van der Waals surface area (Å²) in [6.45, 7) is 4.08. The molecule has 88 valence electrons. The Kier molecular flexibility index (Phi) is 3.53. The second-order valence-electron chi connectivity index (χ2n) is 4.60. The first-order chi connectivity index (χ1) is 7.58. The molecule has 2 N–H and O–H groups in total. The minimum Gasteiger partial charge on any atom is -0.373 e. The molecule has 3 unspecified atom stereocenters. The molecule has 3 atom stereocenters. The van der Waals surface area contributed by atoms with Crippen LogP contribution in [0.25, 0.3) is 0 Å². The normalized spacial score (nSPS) is 27.0. The van der Waals surface area contributed by atoms with Crippen molar-refractivity contribution in [1.29, 1.82) is 0 Å². The first-order valence-electron chi connectivity index (χ1n) is 5.75. The Bertz CT molecular complexity index is 380. The summed E-state index contributed by atoms with van der Waals surface area (Å²) in [5.74, 6) is 0. The Labute approximate surface area is 102 Å². The van der Waals surface area contributed by atoms with Gasteiger partial charge in [-0.3, -0.25) is 0 Å². The highest BCUT2D eigenvalue weighted by Gasteiger charge is 2.28. The summed E-state index contributed by atoms with van der Waals surface area (Å²) < 4.78 is 5.78. The van der Waals surface area contributed by atoms with Gasteiger partial charge in [-0.05, 0) is 43.9 Å². The molecule has 1 aliphatic heterocycles. The molecule has 1 aliphatic rings. The quantitative estimate of drug-likeness (QED) is 0.860. The number of hydrogen-bond acceptors (Lipinski definition) is 2. The van der Waals surface area contributed by atoms with E-state index in [0.29, 0.717) is 6.10 Å². The van der Waals surface area contributed by atoms with Gasteiger partial charge in [0.05, 0.1) is 18.2 Å². The fourth-order valence-electron chi connectivity index (χ4n) is 2.13. The molecular weight excluding hydrogens is 222 g/mol. The molecule has 0 saturated carbocycles. The van der Waals surface area contributed by atoms with Gasteiger partial charge in [0, 0.05) is 5.02 Å². The summed E-state index contributed by atoms with van der Waals surface area (Å²) in [4.78, 5) is 0. The van der Waals surface area contributed by atoms with Gasteiger partial charge in [-0.25, -0.2) is 0 Å². The first-order valence-corrected chi connectivity index (χ1v) is 6.13. The van der Waals surface area contributed by atoms with E-state index in [-0.39, 0.29) is 12.1 Å². The Morgan fingerprint density at radius 1 is 1.44 bits per heavy atom. The van der Waals surface area contributed by atoms with Crippen molar-refractivity contribution in [2.45, 2.75) is 44.9 Å². The Morgan fingerprint density at radius 2 is 2.19 bits per heavy atom. The predicted octanol–water partition coefficient (Wildman–Crippen LogP) is 3.22. The molecule has 1 aromatic rings. The molecule has 0 amide bonds. The first kappa shape index (κ1) is 11.9. The average Bonchev–Trinajstić information content (AvgIpc) is 2.68. The van der Waals surface area contributed by atoms with E-state index in [1.165, 1.54) is 0 Å². The van der Waals surface area contributed by atoms with Gasteiger partial charge in [0.1, 0.15) is 0 Å². The molecule has 3 heteroatoms. The van der Waals surface area contributed by atoms with E-state index in [4.69, 9.17) is 22.1 Å². The molecule has 16 heavy (non-hydrogen) atoms. The van der Waals surface area contributed by atoms with Gasteiger partial charge in [-0.2, -0.15) is 0 Å². The monoisotopic (exact) mass is 239 g/mol. The lowest BCUT2D eigenvalue weighted by atomic mass is 9.99. The molecule has 0 radical (unpaired) electrons. The summed E-state index contributed by atoms with van der Waals surface area (Å²) >= 11 is 6.10. The number of aryl methyl sites for hydroxylation is 1. The summed E-state index contributed by atoms with van der Waals surface area (Å²) in [5, 5.41) is 0.777. The molecule has 1 saturated heterocycles. The van der Waals surface area contributed by atoms with Crippen LogP contribution in [-0.2, 0) is 4.74 Å². The summed E-state index contributed by atoms with van der Waals surface area (Å²) in [6, 6.07) is 5.94. The number of hydrogen-bond donors (Lipinski definition) is 1. The molecule has 2 nitrogen and oxygen atoms in total. The van der Waals surface area contributed by atoms with Crippen molar-refractivity contribution in [3.63, 3.8) is 0 Å². The van der Waals surface area contributed by atoms with Crippen LogP contribution in [0.5, 0.6) is 0 Å². The van der Waals surface area contributed by atoms with Gasteiger partial charge < -0.3 is 10.5 Å². The van der Waals surface area contributed by atoms with Crippen LogP contribution in [0.1, 0.15) is 36.9 Å². The fraction of sp³-hybridized carbons (Fsp3) is 0.538. The van der Waals surface area contributed by atoms with E-state index < -0.39 is 0 Å². The van der Waals surface area contributed by atoms with E-state index in [2.05, 4.69) is 6.92 Å². The summed E-state index contributed by atoms with van der Waals surface area (Å²) in [7, 11) is 0. The lowest BCUT2D eigenvalue weighted by molar-refractivity contribution is 0.0401. The van der Waals surface area contributed by atoms with Crippen LogP contribution < -0.4 is 5.73 Å². The summed E-state index contributed by atoms with van der Waals surface area (Å²) in [6.07, 6.45) is 2.59. The minimum absolute atomic E-state index is 0.0666. The molecule has 0 aromatic heterocycles. The average molecular weight is 240 g/mol. The Hall–Kier alpha value is -0.570. The van der Waals surface area contributed by atoms with E-state index >= 15 is 0 Å². The second kappa shape index (κ2) is 4.74. The maximum atomic E-state index is 6.20. The van der Waals surface area contributed by atoms with Crippen molar-refractivity contribution >= 4 is 11.6 Å². The number of benzene rings is 1. The maximum Gasteiger partial charge on any atom is 0.0772 e. The maximum absolute atomic E-state index is 6.20. The lowest BCUT2D eigenvalue weighted by Crippen LogP contribution is -2.26. The zero-order chi connectivity index (χ0) is 11.7.